The van der Waals surface area contributed by atoms with Gasteiger partial charge in [-0.05, 0) is 39.5 Å². The molecule has 0 radical (unpaired) electrons. The van der Waals surface area contributed by atoms with Gasteiger partial charge < -0.3 is 19.7 Å². The molecule has 0 aliphatic carbocycles. The Balaban J connectivity index is 3.40. The molecule has 0 fully saturated rings. The Hall–Kier alpha value is -0.160. The molecular weight excluding hydrogens is 196 g/mol. The maximum Gasteiger partial charge on any atom is 0.162 e. The van der Waals surface area contributed by atoms with Crippen molar-refractivity contribution in [3.63, 3.8) is 0 Å². The molecular formula is C11H24O4. The highest BCUT2D eigenvalue weighted by atomic mass is 16.7. The van der Waals surface area contributed by atoms with E-state index < -0.39 is 5.79 Å². The molecule has 0 unspecified atom stereocenters. The third-order valence-corrected chi connectivity index (χ3v) is 2.00. The highest BCUT2D eigenvalue weighted by molar-refractivity contribution is 4.54. The molecule has 0 aliphatic rings. The third kappa shape index (κ3) is 10.1. The second kappa shape index (κ2) is 9.09. The highest BCUT2D eigenvalue weighted by Gasteiger charge is 2.17. The van der Waals surface area contributed by atoms with E-state index in [0.29, 0.717) is 13.2 Å². The van der Waals surface area contributed by atoms with Crippen LogP contribution >= 0.6 is 0 Å². The van der Waals surface area contributed by atoms with Gasteiger partial charge in [-0.3, -0.25) is 0 Å². The average molecular weight is 220 g/mol. The SMILES string of the molecule is CC(C)(OCCCCO)OCCCCO. The average Bonchev–Trinajstić information content (AvgIpc) is 2.20. The van der Waals surface area contributed by atoms with Crippen molar-refractivity contribution in [1.29, 1.82) is 0 Å². The van der Waals surface area contributed by atoms with Crippen molar-refractivity contribution in [3.05, 3.63) is 0 Å². The molecule has 4 nitrogen and oxygen atoms in total. The fraction of sp³-hybridized carbons (Fsp3) is 1.00. The Labute approximate surface area is 92.2 Å². The number of unbranched alkanes of at least 4 members (excludes halogenated alkanes) is 2. The summed E-state index contributed by atoms with van der Waals surface area (Å²) in [6.45, 7) is 5.39. The van der Waals surface area contributed by atoms with E-state index in [9.17, 15) is 0 Å². The van der Waals surface area contributed by atoms with Crippen LogP contribution < -0.4 is 0 Å². The molecule has 92 valence electrons. The van der Waals surface area contributed by atoms with E-state index in [4.69, 9.17) is 19.7 Å². The molecule has 0 aromatic carbocycles. The van der Waals surface area contributed by atoms with Crippen molar-refractivity contribution in [1.82, 2.24) is 0 Å². The fourth-order valence-electron chi connectivity index (χ4n) is 1.11. The standard InChI is InChI=1S/C11H24O4/c1-11(2,14-9-5-3-7-12)15-10-6-4-8-13/h12-13H,3-10H2,1-2H3. The van der Waals surface area contributed by atoms with Crippen LogP contribution in [0.3, 0.4) is 0 Å². The Kier molecular flexibility index (Phi) is 9.00. The number of rotatable bonds is 10. The summed E-state index contributed by atoms with van der Waals surface area (Å²) in [5.41, 5.74) is 0. The lowest BCUT2D eigenvalue weighted by atomic mass is 10.3. The molecule has 0 bridgehead atoms. The van der Waals surface area contributed by atoms with E-state index in [1.807, 2.05) is 13.8 Å². The second-order valence-electron chi connectivity index (χ2n) is 3.96. The van der Waals surface area contributed by atoms with Gasteiger partial charge in [-0.2, -0.15) is 0 Å². The summed E-state index contributed by atoms with van der Waals surface area (Å²) in [7, 11) is 0. The lowest BCUT2D eigenvalue weighted by Crippen LogP contribution is -2.29. The van der Waals surface area contributed by atoms with Gasteiger partial charge in [0, 0.05) is 13.2 Å². The quantitative estimate of drug-likeness (QED) is 0.430. The first-order valence-corrected chi connectivity index (χ1v) is 5.62. The van der Waals surface area contributed by atoms with E-state index in [1.165, 1.54) is 0 Å². The third-order valence-electron chi connectivity index (χ3n) is 2.00. The van der Waals surface area contributed by atoms with Crippen molar-refractivity contribution >= 4 is 0 Å². The van der Waals surface area contributed by atoms with Crippen LogP contribution in [0.5, 0.6) is 0 Å². The molecule has 0 saturated heterocycles. The zero-order valence-electron chi connectivity index (χ0n) is 9.87. The molecule has 0 aromatic rings. The van der Waals surface area contributed by atoms with Gasteiger partial charge in [0.15, 0.2) is 5.79 Å². The Bertz CT molecular complexity index is 123. The first kappa shape index (κ1) is 14.8. The molecule has 0 heterocycles. The molecule has 0 rings (SSSR count). The summed E-state index contributed by atoms with van der Waals surface area (Å²) in [5, 5.41) is 17.2. The van der Waals surface area contributed by atoms with Crippen LogP contribution in [0.15, 0.2) is 0 Å². The van der Waals surface area contributed by atoms with E-state index in [2.05, 4.69) is 0 Å². The first-order chi connectivity index (χ1) is 7.12. The Morgan fingerprint density at radius 1 is 0.800 bits per heavy atom. The predicted octanol–water partition coefficient (Wildman–Crippen LogP) is 1.30. The van der Waals surface area contributed by atoms with Crippen LogP contribution in [0.4, 0.5) is 0 Å². The molecule has 0 aromatic heterocycles. The molecule has 15 heavy (non-hydrogen) atoms. The molecule has 4 heteroatoms. The monoisotopic (exact) mass is 220 g/mol. The maximum absolute atomic E-state index is 8.59. The summed E-state index contributed by atoms with van der Waals surface area (Å²) in [5.74, 6) is -0.565. The van der Waals surface area contributed by atoms with Crippen molar-refractivity contribution in [2.45, 2.75) is 45.3 Å². The van der Waals surface area contributed by atoms with Gasteiger partial charge in [0.1, 0.15) is 0 Å². The van der Waals surface area contributed by atoms with Crippen LogP contribution in [0, 0.1) is 0 Å². The van der Waals surface area contributed by atoms with Gasteiger partial charge in [0.05, 0.1) is 13.2 Å². The van der Waals surface area contributed by atoms with Crippen LogP contribution in [0.2, 0.25) is 0 Å². The molecule has 0 saturated carbocycles. The van der Waals surface area contributed by atoms with Gasteiger partial charge in [-0.1, -0.05) is 0 Å². The van der Waals surface area contributed by atoms with E-state index in [1.54, 1.807) is 0 Å². The van der Waals surface area contributed by atoms with E-state index >= 15 is 0 Å². The van der Waals surface area contributed by atoms with Crippen molar-refractivity contribution in [3.8, 4) is 0 Å². The number of aliphatic hydroxyl groups excluding tert-OH is 2. The Morgan fingerprint density at radius 2 is 1.20 bits per heavy atom. The van der Waals surface area contributed by atoms with Crippen molar-refractivity contribution in [2.24, 2.45) is 0 Å². The topological polar surface area (TPSA) is 58.9 Å². The number of aliphatic hydroxyl groups is 2. The summed E-state index contributed by atoms with van der Waals surface area (Å²) < 4.78 is 11.0. The molecule has 0 atom stereocenters. The van der Waals surface area contributed by atoms with Gasteiger partial charge >= 0.3 is 0 Å². The number of hydrogen-bond acceptors (Lipinski definition) is 4. The normalized spacial score (nSPS) is 12.0. The zero-order chi connectivity index (χ0) is 11.6. The summed E-state index contributed by atoms with van der Waals surface area (Å²) in [4.78, 5) is 0. The summed E-state index contributed by atoms with van der Waals surface area (Å²) >= 11 is 0. The Morgan fingerprint density at radius 3 is 1.53 bits per heavy atom. The minimum atomic E-state index is -0.565. The smallest absolute Gasteiger partial charge is 0.162 e. The van der Waals surface area contributed by atoms with Crippen LogP contribution in [0.25, 0.3) is 0 Å². The summed E-state index contributed by atoms with van der Waals surface area (Å²) in [6, 6.07) is 0. The molecule has 0 spiro atoms. The van der Waals surface area contributed by atoms with Gasteiger partial charge in [-0.25, -0.2) is 0 Å². The lowest BCUT2D eigenvalue weighted by Gasteiger charge is -2.25. The van der Waals surface area contributed by atoms with Crippen LogP contribution in [-0.4, -0.2) is 42.4 Å². The van der Waals surface area contributed by atoms with Gasteiger partial charge in [0.25, 0.3) is 0 Å². The minimum Gasteiger partial charge on any atom is -0.396 e. The molecule has 0 amide bonds. The van der Waals surface area contributed by atoms with Crippen LogP contribution in [0.1, 0.15) is 39.5 Å². The van der Waals surface area contributed by atoms with Gasteiger partial charge in [-0.15, -0.1) is 0 Å². The van der Waals surface area contributed by atoms with E-state index in [-0.39, 0.29) is 13.2 Å². The van der Waals surface area contributed by atoms with Crippen molar-refractivity contribution in [2.75, 3.05) is 26.4 Å². The largest absolute Gasteiger partial charge is 0.396 e. The maximum atomic E-state index is 8.59. The molecule has 2 N–H and O–H groups in total. The molecule has 0 aliphatic heterocycles. The zero-order valence-corrected chi connectivity index (χ0v) is 9.87. The second-order valence-corrected chi connectivity index (χ2v) is 3.96. The van der Waals surface area contributed by atoms with Gasteiger partial charge in [0.2, 0.25) is 0 Å². The highest BCUT2D eigenvalue weighted by Crippen LogP contribution is 2.12. The van der Waals surface area contributed by atoms with E-state index in [0.717, 1.165) is 25.7 Å². The predicted molar refractivity (Wildman–Crippen MR) is 58.6 cm³/mol. The minimum absolute atomic E-state index is 0.209. The lowest BCUT2D eigenvalue weighted by molar-refractivity contribution is -0.214. The fourth-order valence-corrected chi connectivity index (χ4v) is 1.11. The van der Waals surface area contributed by atoms with Crippen molar-refractivity contribution < 1.29 is 19.7 Å². The van der Waals surface area contributed by atoms with Crippen LogP contribution in [-0.2, 0) is 9.47 Å². The summed E-state index contributed by atoms with van der Waals surface area (Å²) in [6.07, 6.45) is 3.22. The first-order valence-electron chi connectivity index (χ1n) is 5.62. The number of ether oxygens (including phenoxy) is 2. The number of hydrogen-bond donors (Lipinski definition) is 2.